The summed E-state index contributed by atoms with van der Waals surface area (Å²) in [6.07, 6.45) is 0.668. The van der Waals surface area contributed by atoms with Gasteiger partial charge in [-0.3, -0.25) is 4.79 Å². The van der Waals surface area contributed by atoms with E-state index in [1.807, 2.05) is 31.2 Å². The van der Waals surface area contributed by atoms with Gasteiger partial charge in [0.1, 0.15) is 0 Å². The summed E-state index contributed by atoms with van der Waals surface area (Å²) in [4.78, 5) is 11.2. The Morgan fingerprint density at radius 2 is 2.06 bits per heavy atom. The third-order valence-electron chi connectivity index (χ3n) is 2.65. The standard InChI is InChI=1S/C12H13BrN4O/c1-2-10-11(12(14)18)15-16-17(10)7-8-3-5-9(13)6-4-8/h3-6H,2,7H2,1H3,(H2,14,18). The van der Waals surface area contributed by atoms with E-state index in [4.69, 9.17) is 5.73 Å². The zero-order valence-corrected chi connectivity index (χ0v) is 11.5. The molecule has 0 atom stereocenters. The van der Waals surface area contributed by atoms with Gasteiger partial charge < -0.3 is 5.73 Å². The molecule has 0 aliphatic heterocycles. The van der Waals surface area contributed by atoms with Gasteiger partial charge in [-0.2, -0.15) is 0 Å². The van der Waals surface area contributed by atoms with Crippen molar-refractivity contribution in [2.75, 3.05) is 0 Å². The zero-order chi connectivity index (χ0) is 13.1. The number of hydrogen-bond acceptors (Lipinski definition) is 3. The summed E-state index contributed by atoms with van der Waals surface area (Å²) in [6.45, 7) is 2.53. The van der Waals surface area contributed by atoms with Crippen molar-refractivity contribution in [3.05, 3.63) is 45.7 Å². The molecule has 5 nitrogen and oxygen atoms in total. The van der Waals surface area contributed by atoms with E-state index < -0.39 is 5.91 Å². The van der Waals surface area contributed by atoms with Crippen molar-refractivity contribution in [3.63, 3.8) is 0 Å². The highest BCUT2D eigenvalue weighted by molar-refractivity contribution is 9.10. The van der Waals surface area contributed by atoms with E-state index in [9.17, 15) is 4.79 Å². The van der Waals surface area contributed by atoms with Gasteiger partial charge >= 0.3 is 0 Å². The van der Waals surface area contributed by atoms with Gasteiger partial charge in [0.2, 0.25) is 0 Å². The first-order chi connectivity index (χ1) is 8.61. The van der Waals surface area contributed by atoms with Crippen LogP contribution in [0.2, 0.25) is 0 Å². The van der Waals surface area contributed by atoms with Gasteiger partial charge in [0.15, 0.2) is 5.69 Å². The number of carbonyl (C=O) groups excluding carboxylic acids is 1. The fraction of sp³-hybridized carbons (Fsp3) is 0.250. The van der Waals surface area contributed by atoms with Crippen LogP contribution in [-0.2, 0) is 13.0 Å². The number of nitrogens with zero attached hydrogens (tertiary/aromatic N) is 3. The molecule has 0 aliphatic rings. The summed E-state index contributed by atoms with van der Waals surface area (Å²) < 4.78 is 2.74. The molecule has 0 saturated carbocycles. The molecule has 6 heteroatoms. The third-order valence-corrected chi connectivity index (χ3v) is 3.18. The lowest BCUT2D eigenvalue weighted by Crippen LogP contribution is -2.15. The molecule has 1 heterocycles. The normalized spacial score (nSPS) is 10.6. The van der Waals surface area contributed by atoms with Crippen molar-refractivity contribution in [2.24, 2.45) is 5.73 Å². The fourth-order valence-corrected chi connectivity index (χ4v) is 2.03. The molecule has 0 bridgehead atoms. The van der Waals surface area contributed by atoms with Crippen molar-refractivity contribution in [3.8, 4) is 0 Å². The first-order valence-electron chi connectivity index (χ1n) is 5.58. The monoisotopic (exact) mass is 308 g/mol. The van der Waals surface area contributed by atoms with Crippen LogP contribution in [0.1, 0.15) is 28.7 Å². The van der Waals surface area contributed by atoms with Crippen LogP contribution in [0.4, 0.5) is 0 Å². The first kappa shape index (κ1) is 12.8. The number of hydrogen-bond donors (Lipinski definition) is 1. The Hall–Kier alpha value is -1.69. The molecule has 2 rings (SSSR count). The van der Waals surface area contributed by atoms with Crippen LogP contribution >= 0.6 is 15.9 Å². The molecule has 1 aromatic carbocycles. The van der Waals surface area contributed by atoms with Crippen molar-refractivity contribution < 1.29 is 4.79 Å². The summed E-state index contributed by atoms with van der Waals surface area (Å²) in [6, 6.07) is 7.92. The number of nitrogens with two attached hydrogens (primary N) is 1. The molecular formula is C12H13BrN4O. The molecule has 1 amide bonds. The SMILES string of the molecule is CCc1c(C(N)=O)nnn1Cc1ccc(Br)cc1. The highest BCUT2D eigenvalue weighted by Gasteiger charge is 2.15. The number of primary amides is 1. The van der Waals surface area contributed by atoms with E-state index in [0.717, 1.165) is 15.7 Å². The molecule has 0 saturated heterocycles. The van der Waals surface area contributed by atoms with Crippen molar-refractivity contribution >= 4 is 21.8 Å². The van der Waals surface area contributed by atoms with Gasteiger partial charge in [-0.25, -0.2) is 4.68 Å². The second kappa shape index (κ2) is 5.30. The highest BCUT2D eigenvalue weighted by Crippen LogP contribution is 2.13. The van der Waals surface area contributed by atoms with Crippen LogP contribution < -0.4 is 5.73 Å². The summed E-state index contributed by atoms with van der Waals surface area (Å²) in [7, 11) is 0. The minimum Gasteiger partial charge on any atom is -0.364 e. The number of aromatic nitrogens is 3. The Bertz CT molecular complexity index is 562. The minimum atomic E-state index is -0.533. The molecule has 2 aromatic rings. The van der Waals surface area contributed by atoms with E-state index in [1.165, 1.54) is 0 Å². The smallest absolute Gasteiger partial charge is 0.271 e. The van der Waals surface area contributed by atoms with Gasteiger partial charge in [-0.15, -0.1) is 5.10 Å². The lowest BCUT2D eigenvalue weighted by molar-refractivity contribution is 0.0994. The number of benzene rings is 1. The Labute approximate surface area is 113 Å². The van der Waals surface area contributed by atoms with Crippen molar-refractivity contribution in [2.45, 2.75) is 19.9 Å². The Balaban J connectivity index is 2.29. The molecule has 1 aromatic heterocycles. The summed E-state index contributed by atoms with van der Waals surface area (Å²) in [5, 5.41) is 7.81. The van der Waals surface area contributed by atoms with E-state index in [1.54, 1.807) is 4.68 Å². The van der Waals surface area contributed by atoms with E-state index in [-0.39, 0.29) is 5.69 Å². The minimum absolute atomic E-state index is 0.259. The molecule has 18 heavy (non-hydrogen) atoms. The largest absolute Gasteiger partial charge is 0.364 e. The molecule has 0 fully saturated rings. The number of halogens is 1. The molecule has 0 spiro atoms. The van der Waals surface area contributed by atoms with Crippen LogP contribution in [0.25, 0.3) is 0 Å². The number of rotatable bonds is 4. The van der Waals surface area contributed by atoms with Gasteiger partial charge in [0, 0.05) is 4.47 Å². The van der Waals surface area contributed by atoms with Crippen LogP contribution in [0.5, 0.6) is 0 Å². The van der Waals surface area contributed by atoms with Crippen molar-refractivity contribution in [1.29, 1.82) is 0 Å². The maximum Gasteiger partial charge on any atom is 0.271 e. The van der Waals surface area contributed by atoms with Crippen LogP contribution in [0.15, 0.2) is 28.7 Å². The van der Waals surface area contributed by atoms with Crippen LogP contribution in [0.3, 0.4) is 0 Å². The quantitative estimate of drug-likeness (QED) is 0.935. The second-order valence-corrected chi connectivity index (χ2v) is 4.80. The Morgan fingerprint density at radius 1 is 1.39 bits per heavy atom. The molecule has 0 radical (unpaired) electrons. The fourth-order valence-electron chi connectivity index (χ4n) is 1.76. The van der Waals surface area contributed by atoms with E-state index in [2.05, 4.69) is 26.2 Å². The average molecular weight is 309 g/mol. The van der Waals surface area contributed by atoms with E-state index in [0.29, 0.717) is 13.0 Å². The predicted octanol–water partition coefficient (Wildman–Crippen LogP) is 1.75. The van der Waals surface area contributed by atoms with Gasteiger partial charge in [0.05, 0.1) is 12.2 Å². The van der Waals surface area contributed by atoms with Gasteiger partial charge in [0.25, 0.3) is 5.91 Å². The number of amides is 1. The van der Waals surface area contributed by atoms with E-state index >= 15 is 0 Å². The second-order valence-electron chi connectivity index (χ2n) is 3.89. The van der Waals surface area contributed by atoms with Gasteiger partial charge in [-0.05, 0) is 24.1 Å². The number of carbonyl (C=O) groups is 1. The summed E-state index contributed by atoms with van der Waals surface area (Å²) in [5.41, 5.74) is 7.38. The molecule has 2 N–H and O–H groups in total. The lowest BCUT2D eigenvalue weighted by atomic mass is 10.2. The molecule has 94 valence electrons. The molecule has 0 aliphatic carbocycles. The first-order valence-corrected chi connectivity index (χ1v) is 6.37. The lowest BCUT2D eigenvalue weighted by Gasteiger charge is -2.05. The van der Waals surface area contributed by atoms with Crippen molar-refractivity contribution in [1.82, 2.24) is 15.0 Å². The predicted molar refractivity (Wildman–Crippen MR) is 71.2 cm³/mol. The Kier molecular flexibility index (Phi) is 3.76. The molecular weight excluding hydrogens is 296 g/mol. The van der Waals surface area contributed by atoms with Crippen LogP contribution in [-0.4, -0.2) is 20.9 Å². The maximum absolute atomic E-state index is 11.2. The maximum atomic E-state index is 11.2. The highest BCUT2D eigenvalue weighted by atomic mass is 79.9. The van der Waals surface area contributed by atoms with Gasteiger partial charge in [-0.1, -0.05) is 40.2 Å². The topological polar surface area (TPSA) is 73.8 Å². The van der Waals surface area contributed by atoms with Crippen LogP contribution in [0, 0.1) is 0 Å². The summed E-state index contributed by atoms with van der Waals surface area (Å²) >= 11 is 3.39. The third kappa shape index (κ3) is 2.59. The average Bonchev–Trinajstić information content (AvgIpc) is 2.75. The Morgan fingerprint density at radius 3 is 2.61 bits per heavy atom. The summed E-state index contributed by atoms with van der Waals surface area (Å²) in [5.74, 6) is -0.533. The zero-order valence-electron chi connectivity index (χ0n) is 9.93. The molecule has 0 unspecified atom stereocenters.